The van der Waals surface area contributed by atoms with Crippen LogP contribution in [-0.4, -0.2) is 43.9 Å². The number of aliphatic imine (C=N–C) groups is 1. The van der Waals surface area contributed by atoms with Crippen LogP contribution in [0, 0.1) is 0 Å². The number of tetrazole rings is 1. The number of aromatic amines is 1. The Morgan fingerprint density at radius 3 is 2.68 bits per heavy atom. The van der Waals surface area contributed by atoms with Gasteiger partial charge in [0.05, 0.1) is 19.6 Å². The Bertz CT molecular complexity index is 1490. The molecule has 3 heterocycles. The molecule has 5 rings (SSSR count). The highest BCUT2D eigenvalue weighted by Gasteiger charge is 2.44. The first kappa shape index (κ1) is 25.3. The predicted molar refractivity (Wildman–Crippen MR) is 145 cm³/mol. The lowest BCUT2D eigenvalue weighted by molar-refractivity contribution is -0.795. The monoisotopic (exact) mass is 582 g/mol. The smallest absolute Gasteiger partial charge is 0.227 e. The summed E-state index contributed by atoms with van der Waals surface area (Å²) < 4.78 is 6.73. The van der Waals surface area contributed by atoms with E-state index in [0.29, 0.717) is 23.2 Å². The number of quaternary nitrogens is 1. The normalized spacial score (nSPS) is 17.6. The van der Waals surface area contributed by atoms with Crippen LogP contribution in [0.3, 0.4) is 0 Å². The first-order chi connectivity index (χ1) is 17.8. The van der Waals surface area contributed by atoms with Gasteiger partial charge in [-0.25, -0.2) is 4.48 Å². The molecule has 37 heavy (non-hydrogen) atoms. The van der Waals surface area contributed by atoms with Crippen LogP contribution in [0.4, 0.5) is 0 Å². The summed E-state index contributed by atoms with van der Waals surface area (Å²) in [5, 5.41) is 15.1. The third-order valence-electron chi connectivity index (χ3n) is 6.86. The summed E-state index contributed by atoms with van der Waals surface area (Å²) >= 11 is 10.5. The molecule has 0 radical (unpaired) electrons. The molecule has 0 saturated heterocycles. The predicted octanol–water partition coefficient (Wildman–Crippen LogP) is 5.83. The molecule has 190 valence electrons. The Morgan fingerprint density at radius 2 is 1.97 bits per heavy atom. The van der Waals surface area contributed by atoms with Crippen molar-refractivity contribution in [1.29, 1.82) is 0 Å². The molecule has 9 nitrogen and oxygen atoms in total. The molecule has 2 aliphatic heterocycles. The number of aromatic nitrogens is 4. The molecule has 0 spiro atoms. The largest absolute Gasteiger partial charge is 0.472 e. The maximum atomic E-state index is 12.1. The van der Waals surface area contributed by atoms with E-state index >= 15 is 0 Å². The number of carbonyl (C=O) groups is 1. The molecule has 0 bridgehead atoms. The summed E-state index contributed by atoms with van der Waals surface area (Å²) in [6.07, 6.45) is 6.15. The second-order valence-electron chi connectivity index (χ2n) is 9.19. The van der Waals surface area contributed by atoms with Crippen molar-refractivity contribution >= 4 is 39.3 Å². The topological polar surface area (TPSA) is 123 Å². The summed E-state index contributed by atoms with van der Waals surface area (Å²) in [7, 11) is 2.05. The fourth-order valence-corrected chi connectivity index (χ4v) is 6.13. The minimum Gasteiger partial charge on any atom is -0.472 e. The summed E-state index contributed by atoms with van der Waals surface area (Å²) in [4.78, 5) is 16.8. The number of nitrogens with zero attached hydrogens (tertiary/aromatic N) is 5. The SMILES string of the molecule is CCCCC1=NC(Cl)=C(CC(N)=O)[N+]1(C)Cc1c2ccocc-2c(Br)c1-c1ccccc1-c1nn[nH]n1. The van der Waals surface area contributed by atoms with E-state index in [2.05, 4.69) is 50.5 Å². The zero-order chi connectivity index (χ0) is 26.2. The van der Waals surface area contributed by atoms with Gasteiger partial charge in [-0.3, -0.25) is 4.79 Å². The van der Waals surface area contributed by atoms with E-state index in [1.165, 1.54) is 0 Å². The molecular weight excluding hydrogens is 558 g/mol. The molecule has 1 aromatic heterocycles. The molecule has 1 aromatic carbocycles. The number of carbonyl (C=O) groups excluding carboxylic acids is 1. The van der Waals surface area contributed by atoms with Gasteiger partial charge in [-0.15, -0.1) is 10.2 Å². The van der Waals surface area contributed by atoms with Gasteiger partial charge in [-0.2, -0.15) is 10.2 Å². The van der Waals surface area contributed by atoms with Crippen LogP contribution in [0.1, 0.15) is 38.2 Å². The average molecular weight is 584 g/mol. The van der Waals surface area contributed by atoms with Crippen molar-refractivity contribution in [3.05, 3.63) is 63.7 Å². The number of benzene rings is 1. The van der Waals surface area contributed by atoms with Crippen molar-refractivity contribution in [1.82, 2.24) is 20.6 Å². The van der Waals surface area contributed by atoms with Crippen molar-refractivity contribution < 1.29 is 13.7 Å². The first-order valence-corrected chi connectivity index (χ1v) is 13.1. The minimum atomic E-state index is -0.445. The van der Waals surface area contributed by atoms with Crippen molar-refractivity contribution in [2.75, 3.05) is 7.05 Å². The molecular formula is C26H26BrClN7O2+. The molecule has 3 aliphatic rings. The van der Waals surface area contributed by atoms with E-state index in [1.54, 1.807) is 12.5 Å². The second-order valence-corrected chi connectivity index (χ2v) is 10.3. The second kappa shape index (κ2) is 10.2. The number of unbranched alkanes of at least 4 members (excludes halogenated alkanes) is 1. The Morgan fingerprint density at radius 1 is 1.19 bits per heavy atom. The highest BCUT2D eigenvalue weighted by Crippen LogP contribution is 2.50. The van der Waals surface area contributed by atoms with Crippen LogP contribution >= 0.6 is 27.5 Å². The summed E-state index contributed by atoms with van der Waals surface area (Å²) in [5.74, 6) is 0.957. The molecule has 1 atom stereocenters. The van der Waals surface area contributed by atoms with Crippen LogP contribution < -0.4 is 5.73 Å². The van der Waals surface area contributed by atoms with E-state index < -0.39 is 5.91 Å². The van der Waals surface area contributed by atoms with Crippen LogP contribution in [0.15, 0.2) is 67.6 Å². The number of nitrogens with two attached hydrogens (primary N) is 1. The maximum Gasteiger partial charge on any atom is 0.227 e. The number of hydrogen-bond acceptors (Lipinski definition) is 6. The molecule has 1 unspecified atom stereocenters. The van der Waals surface area contributed by atoms with Crippen molar-refractivity contribution in [2.45, 2.75) is 39.2 Å². The Balaban J connectivity index is 1.72. The van der Waals surface area contributed by atoms with Gasteiger partial charge in [0.25, 0.3) is 0 Å². The number of halogens is 2. The Kier molecular flexibility index (Phi) is 6.98. The number of nitrogens with one attached hydrogen (secondary N) is 1. The van der Waals surface area contributed by atoms with Crippen LogP contribution in [0.5, 0.6) is 0 Å². The molecule has 1 amide bonds. The maximum absolute atomic E-state index is 12.1. The lowest BCUT2D eigenvalue weighted by atomic mass is 9.96. The summed E-state index contributed by atoms with van der Waals surface area (Å²) in [5.41, 5.74) is 12.1. The summed E-state index contributed by atoms with van der Waals surface area (Å²) in [6, 6.07) is 9.88. The van der Waals surface area contributed by atoms with Crippen LogP contribution in [-0.2, 0) is 11.3 Å². The first-order valence-electron chi connectivity index (χ1n) is 12.0. The molecule has 2 aromatic rings. The number of amides is 1. The Hall–Kier alpha value is -3.34. The Labute approximate surface area is 227 Å². The highest BCUT2D eigenvalue weighted by molar-refractivity contribution is 9.10. The van der Waals surface area contributed by atoms with Crippen LogP contribution in [0.25, 0.3) is 33.6 Å². The van der Waals surface area contributed by atoms with Gasteiger partial charge in [-0.1, -0.05) is 49.2 Å². The molecule has 11 heteroatoms. The average Bonchev–Trinajstić information content (AvgIpc) is 3.57. The third-order valence-corrected chi connectivity index (χ3v) is 7.98. The van der Waals surface area contributed by atoms with Gasteiger partial charge in [0.2, 0.25) is 17.6 Å². The van der Waals surface area contributed by atoms with E-state index in [9.17, 15) is 4.79 Å². The van der Waals surface area contributed by atoms with Gasteiger partial charge >= 0.3 is 0 Å². The van der Waals surface area contributed by atoms with Crippen LogP contribution in [0.2, 0.25) is 0 Å². The lowest BCUT2D eigenvalue weighted by Gasteiger charge is -2.33. The van der Waals surface area contributed by atoms with E-state index in [4.69, 9.17) is 26.7 Å². The van der Waals surface area contributed by atoms with Crippen molar-refractivity contribution in [3.8, 4) is 33.6 Å². The van der Waals surface area contributed by atoms with Gasteiger partial charge in [-0.05, 0) is 44.8 Å². The number of H-pyrrole nitrogens is 1. The van der Waals surface area contributed by atoms with Gasteiger partial charge in [0.15, 0.2) is 10.9 Å². The fourth-order valence-electron chi connectivity index (χ4n) is 5.02. The summed E-state index contributed by atoms with van der Waals surface area (Å²) in [6.45, 7) is 2.64. The molecule has 1 aliphatic carbocycles. The minimum absolute atomic E-state index is 0.0262. The highest BCUT2D eigenvalue weighted by atomic mass is 79.9. The number of fused-ring (bicyclic) bond motifs is 1. The number of primary amides is 1. The quantitative estimate of drug-likeness (QED) is 0.190. The van der Waals surface area contributed by atoms with Gasteiger partial charge in [0.1, 0.15) is 13.0 Å². The molecule has 0 saturated carbocycles. The van der Waals surface area contributed by atoms with E-state index in [0.717, 1.165) is 63.0 Å². The standard InChI is InChI=1S/C26H25BrClN7O2/c1-3-4-9-22-30-25(28)20(12-21(29)36)35(22,2)13-18-15-10-11-37-14-19(15)24(27)23(18)16-7-5-6-8-17(16)26-31-33-34-32-26/h5-8,10-11,14H,3-4,9,12-13H2,1-2H3,(H2-,29,31,32,33,34,36)/p+1. The molecule has 0 fully saturated rings. The van der Waals surface area contributed by atoms with Gasteiger partial charge in [0, 0.05) is 33.1 Å². The third kappa shape index (κ3) is 4.49. The zero-order valence-corrected chi connectivity index (χ0v) is 22.8. The van der Waals surface area contributed by atoms with Crippen molar-refractivity contribution in [2.24, 2.45) is 10.7 Å². The van der Waals surface area contributed by atoms with E-state index in [-0.39, 0.29) is 10.9 Å². The zero-order valence-electron chi connectivity index (χ0n) is 20.5. The lowest BCUT2D eigenvalue weighted by Crippen LogP contribution is -2.46. The number of hydrogen-bond donors (Lipinski definition) is 2. The fraction of sp³-hybridized carbons (Fsp3) is 0.269. The van der Waals surface area contributed by atoms with Gasteiger partial charge < -0.3 is 10.2 Å². The number of rotatable bonds is 9. The number of amidine groups is 1. The van der Waals surface area contributed by atoms with E-state index in [1.807, 2.05) is 30.3 Å². The van der Waals surface area contributed by atoms with Crippen molar-refractivity contribution in [3.63, 3.8) is 0 Å². The molecule has 3 N–H and O–H groups in total.